The zero-order chi connectivity index (χ0) is 31.1. The van der Waals surface area contributed by atoms with Crippen molar-refractivity contribution in [1.29, 1.82) is 0 Å². The molecule has 1 aliphatic heterocycles. The molecule has 2 atom stereocenters. The van der Waals surface area contributed by atoms with Crippen LogP contribution in [-0.4, -0.2) is 64.2 Å². The van der Waals surface area contributed by atoms with Crippen LogP contribution >= 0.6 is 23.2 Å². The Labute approximate surface area is 257 Å². The first kappa shape index (κ1) is 30.4. The lowest BCUT2D eigenvalue weighted by Gasteiger charge is -2.23. The first-order chi connectivity index (χ1) is 20.3. The van der Waals surface area contributed by atoms with E-state index in [0.29, 0.717) is 46.5 Å². The number of pyridine rings is 1. The molecule has 0 aliphatic carbocycles. The molecule has 0 radical (unpaired) electrons. The number of hydrogen-bond donors (Lipinski definition) is 3. The number of rotatable bonds is 8. The first-order valence-electron chi connectivity index (χ1n) is 13.2. The van der Waals surface area contributed by atoms with Gasteiger partial charge >= 0.3 is 0 Å². The van der Waals surface area contributed by atoms with Crippen LogP contribution in [0.25, 0.3) is 10.9 Å². The molecule has 0 saturated carbocycles. The lowest BCUT2D eigenvalue weighted by Crippen LogP contribution is -2.32. The van der Waals surface area contributed by atoms with Gasteiger partial charge in [-0.25, -0.2) is 33.1 Å². The number of nitrogens with one attached hydrogen (secondary N) is 3. The molecule has 4 aromatic rings. The largest absolute Gasteiger partial charge is 0.377 e. The van der Waals surface area contributed by atoms with Gasteiger partial charge in [0.05, 0.1) is 46.3 Å². The molecule has 43 heavy (non-hydrogen) atoms. The third kappa shape index (κ3) is 6.81. The molecule has 16 heteroatoms. The van der Waals surface area contributed by atoms with Gasteiger partial charge < -0.3 is 15.5 Å². The maximum absolute atomic E-state index is 13.6. The number of nitrogens with zero attached hydrogens (tertiary/aromatic N) is 6. The smallest absolute Gasteiger partial charge is 0.285 e. The van der Waals surface area contributed by atoms with E-state index in [1.165, 1.54) is 18.5 Å². The minimum absolute atomic E-state index is 0.0219. The van der Waals surface area contributed by atoms with Gasteiger partial charge in [0, 0.05) is 31.7 Å². The Kier molecular flexibility index (Phi) is 8.45. The number of halogens is 2. The summed E-state index contributed by atoms with van der Waals surface area (Å²) in [7, 11) is -2.14. The molecule has 5 rings (SSSR count). The van der Waals surface area contributed by atoms with Gasteiger partial charge in [-0.2, -0.15) is 0 Å². The zero-order valence-corrected chi connectivity index (χ0v) is 26.0. The van der Waals surface area contributed by atoms with E-state index in [0.717, 1.165) is 18.2 Å². The summed E-state index contributed by atoms with van der Waals surface area (Å²) < 4.78 is 26.8. The summed E-state index contributed by atoms with van der Waals surface area (Å²) in [5.74, 6) is 0.0531. The third-order valence-corrected chi connectivity index (χ3v) is 7.91. The summed E-state index contributed by atoms with van der Waals surface area (Å²) in [4.78, 5) is 45.8. The SMILES string of the molecule is Cc1cc([C@@H](C)Nc2ccc(Cl)nc2C(=O)NS(C)(=O)=O)c2nc(N3CC[C@H](Nc4ncc(Cl)cn4)C3)n(C)c(=O)c2c1. The summed E-state index contributed by atoms with van der Waals surface area (Å²) in [6.45, 7) is 4.96. The van der Waals surface area contributed by atoms with E-state index in [1.54, 1.807) is 23.7 Å². The highest BCUT2D eigenvalue weighted by Crippen LogP contribution is 2.30. The number of amides is 1. The van der Waals surface area contributed by atoms with Crippen molar-refractivity contribution in [3.63, 3.8) is 0 Å². The number of aryl methyl sites for hydroxylation is 1. The molecule has 1 aromatic carbocycles. The highest BCUT2D eigenvalue weighted by molar-refractivity contribution is 7.89. The number of anilines is 3. The molecule has 0 unspecified atom stereocenters. The quantitative estimate of drug-likeness (QED) is 0.241. The average molecular weight is 647 g/mol. The number of sulfonamides is 1. The Bertz CT molecular complexity index is 1880. The molecule has 1 saturated heterocycles. The lowest BCUT2D eigenvalue weighted by molar-refractivity contribution is 0.0977. The Morgan fingerprint density at radius 2 is 1.86 bits per heavy atom. The van der Waals surface area contributed by atoms with Gasteiger partial charge in [0.2, 0.25) is 21.9 Å². The predicted molar refractivity (Wildman–Crippen MR) is 167 cm³/mol. The lowest BCUT2D eigenvalue weighted by atomic mass is 10.0. The topological polar surface area (TPSA) is 164 Å². The summed E-state index contributed by atoms with van der Waals surface area (Å²) in [5.41, 5.74) is 1.93. The molecule has 13 nitrogen and oxygen atoms in total. The fourth-order valence-corrected chi connectivity index (χ4v) is 5.71. The number of carbonyl (C=O) groups excluding carboxylic acids is 1. The molecule has 1 aliphatic rings. The maximum Gasteiger partial charge on any atom is 0.285 e. The zero-order valence-electron chi connectivity index (χ0n) is 23.7. The van der Waals surface area contributed by atoms with E-state index in [1.807, 2.05) is 29.5 Å². The van der Waals surface area contributed by atoms with Gasteiger partial charge in [-0.1, -0.05) is 29.3 Å². The number of carbonyl (C=O) groups is 1. The van der Waals surface area contributed by atoms with Gasteiger partial charge in [0.1, 0.15) is 5.15 Å². The second kappa shape index (κ2) is 11.9. The third-order valence-electron chi connectivity index (χ3n) is 6.95. The van der Waals surface area contributed by atoms with Crippen molar-refractivity contribution < 1.29 is 13.2 Å². The molecule has 4 heterocycles. The van der Waals surface area contributed by atoms with Crippen molar-refractivity contribution in [1.82, 2.24) is 29.2 Å². The summed E-state index contributed by atoms with van der Waals surface area (Å²) >= 11 is 11.9. The fraction of sp³-hybridized carbons (Fsp3) is 0.333. The van der Waals surface area contributed by atoms with Crippen LogP contribution in [0.5, 0.6) is 0 Å². The Morgan fingerprint density at radius 1 is 1.14 bits per heavy atom. The van der Waals surface area contributed by atoms with Gasteiger partial charge in [-0.15, -0.1) is 0 Å². The molecule has 0 spiro atoms. The molecular formula is C27H29Cl2N9O4S. The van der Waals surface area contributed by atoms with Crippen LogP contribution in [-0.2, 0) is 17.1 Å². The Hall–Kier alpha value is -4.01. The summed E-state index contributed by atoms with van der Waals surface area (Å²) in [6.07, 6.45) is 4.70. The van der Waals surface area contributed by atoms with E-state index >= 15 is 0 Å². The minimum atomic E-state index is -3.84. The van der Waals surface area contributed by atoms with Crippen LogP contribution in [0.1, 0.15) is 41.0 Å². The molecule has 3 N–H and O–H groups in total. The molecule has 1 amide bonds. The maximum atomic E-state index is 13.6. The standard InChI is InChI=1S/C27H29Cl2N9O4S/c1-14-9-18(15(2)32-20-5-6-21(29)34-23(20)24(39)36-43(4,41)42)22-19(10-14)25(40)37(3)27(35-22)38-8-7-17(13-38)33-26-30-11-16(28)12-31-26/h5-6,9-12,15,17,32H,7-8,13H2,1-4H3,(H,36,39)(H,30,31,33)/t15-,17+/m1/s1. The number of fused-ring (bicyclic) bond motifs is 1. The Balaban J connectivity index is 1.48. The minimum Gasteiger partial charge on any atom is -0.377 e. The Morgan fingerprint density at radius 3 is 2.56 bits per heavy atom. The first-order valence-corrected chi connectivity index (χ1v) is 15.9. The normalized spacial score (nSPS) is 15.9. The predicted octanol–water partition coefficient (Wildman–Crippen LogP) is 3.29. The van der Waals surface area contributed by atoms with Crippen molar-refractivity contribution in [3.05, 3.63) is 74.0 Å². The summed E-state index contributed by atoms with van der Waals surface area (Å²) in [6, 6.07) is 6.30. The number of hydrogen-bond acceptors (Lipinski definition) is 11. The van der Waals surface area contributed by atoms with Crippen molar-refractivity contribution >= 4 is 67.6 Å². The monoisotopic (exact) mass is 645 g/mol. The van der Waals surface area contributed by atoms with E-state index < -0.39 is 22.0 Å². The molecular weight excluding hydrogens is 617 g/mol. The number of benzene rings is 1. The van der Waals surface area contributed by atoms with Crippen LogP contribution in [0.4, 0.5) is 17.6 Å². The van der Waals surface area contributed by atoms with Crippen molar-refractivity contribution in [2.24, 2.45) is 7.05 Å². The van der Waals surface area contributed by atoms with E-state index in [-0.39, 0.29) is 28.1 Å². The highest BCUT2D eigenvalue weighted by atomic mass is 35.5. The van der Waals surface area contributed by atoms with Crippen molar-refractivity contribution in [2.45, 2.75) is 32.4 Å². The number of aromatic nitrogens is 5. The van der Waals surface area contributed by atoms with Gasteiger partial charge in [-0.3, -0.25) is 14.2 Å². The molecule has 1 fully saturated rings. The second-order valence-corrected chi connectivity index (χ2v) is 13.0. The average Bonchev–Trinajstić information content (AvgIpc) is 3.40. The van der Waals surface area contributed by atoms with Crippen LogP contribution < -0.4 is 25.8 Å². The van der Waals surface area contributed by atoms with E-state index in [9.17, 15) is 18.0 Å². The van der Waals surface area contributed by atoms with Crippen molar-refractivity contribution in [3.8, 4) is 0 Å². The van der Waals surface area contributed by atoms with Gasteiger partial charge in [-0.05, 0) is 44.0 Å². The van der Waals surface area contributed by atoms with Crippen LogP contribution in [0.15, 0.2) is 41.5 Å². The molecule has 226 valence electrons. The van der Waals surface area contributed by atoms with Crippen molar-refractivity contribution in [2.75, 3.05) is 34.9 Å². The molecule has 0 bridgehead atoms. The van der Waals surface area contributed by atoms with Gasteiger partial charge in [0.25, 0.3) is 11.5 Å². The van der Waals surface area contributed by atoms with E-state index in [2.05, 4.69) is 25.6 Å². The van der Waals surface area contributed by atoms with Crippen LogP contribution in [0.2, 0.25) is 10.2 Å². The van der Waals surface area contributed by atoms with E-state index in [4.69, 9.17) is 28.2 Å². The fourth-order valence-electron chi connectivity index (χ4n) is 5.04. The highest BCUT2D eigenvalue weighted by Gasteiger charge is 2.28. The summed E-state index contributed by atoms with van der Waals surface area (Å²) in [5, 5.41) is 7.45. The van der Waals surface area contributed by atoms with Gasteiger partial charge in [0.15, 0.2) is 5.69 Å². The molecule has 3 aromatic heterocycles. The second-order valence-electron chi connectivity index (χ2n) is 10.4. The van der Waals surface area contributed by atoms with Crippen LogP contribution in [0, 0.1) is 6.92 Å². The van der Waals surface area contributed by atoms with Crippen LogP contribution in [0.3, 0.4) is 0 Å².